The number of hydrazone groups is 1. The van der Waals surface area contributed by atoms with E-state index in [2.05, 4.69) is 26.0 Å². The Morgan fingerprint density at radius 1 is 1.22 bits per heavy atom. The Balaban J connectivity index is 1.34. The average Bonchev–Trinajstić information content (AvgIpc) is 3.38. The Labute approximate surface area is 197 Å². The van der Waals surface area contributed by atoms with Crippen LogP contribution in [0.2, 0.25) is 10.0 Å². The predicted molar refractivity (Wildman–Crippen MR) is 124 cm³/mol. The van der Waals surface area contributed by atoms with Gasteiger partial charge in [-0.2, -0.15) is 5.10 Å². The number of benzene rings is 2. The topological polar surface area (TPSA) is 129 Å². The number of carbonyl (C=O) groups is 1. The van der Waals surface area contributed by atoms with Gasteiger partial charge in [-0.25, -0.2) is 10.1 Å². The Morgan fingerprint density at radius 2 is 2.03 bits per heavy atom. The van der Waals surface area contributed by atoms with E-state index in [-0.39, 0.29) is 24.4 Å². The largest absolute Gasteiger partial charge is 0.454 e. The minimum absolute atomic E-state index is 0.0494. The van der Waals surface area contributed by atoms with Gasteiger partial charge in [-0.05, 0) is 43.3 Å². The highest BCUT2D eigenvalue weighted by molar-refractivity contribution is 7.99. The molecule has 0 bridgehead atoms. The summed E-state index contributed by atoms with van der Waals surface area (Å²) in [5.41, 5.74) is 4.77. The summed E-state index contributed by atoms with van der Waals surface area (Å²) in [6.45, 7) is 2.03. The first-order valence-electron chi connectivity index (χ1n) is 9.19. The normalized spacial score (nSPS) is 12.7. The van der Waals surface area contributed by atoms with E-state index >= 15 is 0 Å². The van der Waals surface area contributed by atoms with Crippen molar-refractivity contribution in [1.82, 2.24) is 14.9 Å². The molecule has 4 rings (SSSR count). The highest BCUT2D eigenvalue weighted by Gasteiger charge is 2.15. The summed E-state index contributed by atoms with van der Waals surface area (Å²) in [5.74, 6) is 7.36. The number of aromatic nitrogens is 3. The smallest absolute Gasteiger partial charge is 0.264 e. The number of nitrogens with two attached hydrogens (primary N) is 1. The molecule has 1 aliphatic rings. The number of hydrogen-bond acceptors (Lipinski definition) is 9. The molecular formula is C19H17Cl2N7O3S. The van der Waals surface area contributed by atoms with Gasteiger partial charge in [0.2, 0.25) is 17.9 Å². The number of fused-ring (bicyclic) bond motifs is 1. The van der Waals surface area contributed by atoms with Crippen molar-refractivity contribution in [3.05, 3.63) is 52.0 Å². The maximum Gasteiger partial charge on any atom is 0.264 e. The van der Waals surface area contributed by atoms with Crippen molar-refractivity contribution >= 4 is 58.2 Å². The standard InChI is InChI=1S/C19H17Cl2N7O3S/c1-10(11-2-5-15-16(6-11)31-9-30-15)24-25-18-26-27-19(28(18)22)32-8-17(29)23-14-4-3-12(20)7-13(14)21/h2-7H,8-9,22H2,1H3,(H,23,29)(H,25,26)/b24-10+. The van der Waals surface area contributed by atoms with E-state index in [4.69, 9.17) is 38.5 Å². The zero-order valence-electron chi connectivity index (χ0n) is 16.6. The lowest BCUT2D eigenvalue weighted by Gasteiger charge is -2.07. The molecule has 1 amide bonds. The third-order valence-electron chi connectivity index (χ3n) is 4.32. The summed E-state index contributed by atoms with van der Waals surface area (Å²) in [5, 5.41) is 16.1. The van der Waals surface area contributed by atoms with Crippen molar-refractivity contribution < 1.29 is 14.3 Å². The van der Waals surface area contributed by atoms with Crippen molar-refractivity contribution in [3.63, 3.8) is 0 Å². The number of halogens is 2. The number of carbonyl (C=O) groups excluding carboxylic acids is 1. The van der Waals surface area contributed by atoms with E-state index < -0.39 is 0 Å². The number of ether oxygens (including phenoxy) is 2. The highest BCUT2D eigenvalue weighted by atomic mass is 35.5. The van der Waals surface area contributed by atoms with E-state index in [1.807, 2.05) is 25.1 Å². The lowest BCUT2D eigenvalue weighted by Crippen LogP contribution is -2.17. The second-order valence-electron chi connectivity index (χ2n) is 6.51. The van der Waals surface area contributed by atoms with Crippen LogP contribution in [0.4, 0.5) is 11.6 Å². The molecule has 0 saturated carbocycles. The van der Waals surface area contributed by atoms with E-state index in [0.29, 0.717) is 38.1 Å². The maximum absolute atomic E-state index is 12.2. The van der Waals surface area contributed by atoms with Crippen molar-refractivity contribution in [1.29, 1.82) is 0 Å². The van der Waals surface area contributed by atoms with Crippen molar-refractivity contribution in [2.45, 2.75) is 12.1 Å². The summed E-state index contributed by atoms with van der Waals surface area (Å²) in [6, 6.07) is 10.3. The molecule has 0 aliphatic carbocycles. The number of nitrogen functional groups attached to an aromatic ring is 1. The molecule has 4 N–H and O–H groups in total. The molecule has 0 unspecified atom stereocenters. The number of nitrogens with one attached hydrogen (secondary N) is 2. The molecule has 0 atom stereocenters. The van der Waals surface area contributed by atoms with Crippen LogP contribution in [-0.2, 0) is 4.79 Å². The third-order valence-corrected chi connectivity index (χ3v) is 5.81. The molecule has 3 aromatic rings. The summed E-state index contributed by atoms with van der Waals surface area (Å²) in [4.78, 5) is 12.2. The zero-order chi connectivity index (χ0) is 22.7. The number of rotatable bonds is 7. The Hall–Kier alpha value is -3.15. The fourth-order valence-electron chi connectivity index (χ4n) is 2.68. The Morgan fingerprint density at radius 3 is 2.84 bits per heavy atom. The Kier molecular flexibility index (Phi) is 6.58. The van der Waals surface area contributed by atoms with Crippen molar-refractivity contribution in [2.24, 2.45) is 5.10 Å². The number of thioether (sulfide) groups is 1. The van der Waals surface area contributed by atoms with Gasteiger partial charge in [0.05, 0.1) is 22.2 Å². The van der Waals surface area contributed by atoms with Gasteiger partial charge in [-0.15, -0.1) is 10.2 Å². The summed E-state index contributed by atoms with van der Waals surface area (Å²) >= 11 is 13.0. The summed E-state index contributed by atoms with van der Waals surface area (Å²) in [6.07, 6.45) is 0. The van der Waals surface area contributed by atoms with Crippen LogP contribution < -0.4 is 26.1 Å². The van der Waals surface area contributed by atoms with Gasteiger partial charge in [0.15, 0.2) is 11.5 Å². The van der Waals surface area contributed by atoms with E-state index in [0.717, 1.165) is 17.3 Å². The molecule has 0 radical (unpaired) electrons. The van der Waals surface area contributed by atoms with E-state index in [9.17, 15) is 4.79 Å². The lowest BCUT2D eigenvalue weighted by molar-refractivity contribution is -0.113. The van der Waals surface area contributed by atoms with Crippen molar-refractivity contribution in [3.8, 4) is 11.5 Å². The van der Waals surface area contributed by atoms with Crippen LogP contribution >= 0.6 is 35.0 Å². The molecule has 0 fully saturated rings. The molecule has 13 heteroatoms. The second-order valence-corrected chi connectivity index (χ2v) is 8.30. The van der Waals surface area contributed by atoms with Crippen LogP contribution in [0.1, 0.15) is 12.5 Å². The molecular weight excluding hydrogens is 477 g/mol. The number of nitrogens with zero attached hydrogens (tertiary/aromatic N) is 4. The van der Waals surface area contributed by atoms with Crippen LogP contribution in [0.5, 0.6) is 11.5 Å². The molecule has 10 nitrogen and oxygen atoms in total. The average molecular weight is 494 g/mol. The van der Waals surface area contributed by atoms with Crippen LogP contribution in [-0.4, -0.2) is 39.0 Å². The van der Waals surface area contributed by atoms with Crippen LogP contribution in [0, 0.1) is 0 Å². The summed E-state index contributed by atoms with van der Waals surface area (Å²) < 4.78 is 11.9. The van der Waals surface area contributed by atoms with Crippen LogP contribution in [0.3, 0.4) is 0 Å². The monoisotopic (exact) mass is 493 g/mol. The van der Waals surface area contributed by atoms with Gasteiger partial charge >= 0.3 is 0 Å². The maximum atomic E-state index is 12.2. The fraction of sp³-hybridized carbons (Fsp3) is 0.158. The first kappa shape index (κ1) is 22.1. The van der Waals surface area contributed by atoms with Gasteiger partial charge in [0.25, 0.3) is 5.95 Å². The quantitative estimate of drug-likeness (QED) is 0.197. The lowest BCUT2D eigenvalue weighted by atomic mass is 10.1. The fourth-order valence-corrected chi connectivity index (χ4v) is 3.79. The van der Waals surface area contributed by atoms with Gasteiger partial charge < -0.3 is 20.6 Å². The molecule has 0 saturated heterocycles. The SMILES string of the molecule is C/C(=N\Nc1nnc(SCC(=O)Nc2ccc(Cl)cc2Cl)n1N)c1ccc2c(c1)OCO2. The minimum atomic E-state index is -0.284. The summed E-state index contributed by atoms with van der Waals surface area (Å²) in [7, 11) is 0. The first-order chi connectivity index (χ1) is 15.4. The third kappa shape index (κ3) is 5.01. The molecule has 2 aromatic carbocycles. The molecule has 32 heavy (non-hydrogen) atoms. The molecule has 1 aliphatic heterocycles. The molecule has 2 heterocycles. The first-order valence-corrected chi connectivity index (χ1v) is 10.9. The van der Waals surface area contributed by atoms with E-state index in [1.165, 1.54) is 4.68 Å². The zero-order valence-corrected chi connectivity index (χ0v) is 19.0. The van der Waals surface area contributed by atoms with Crippen molar-refractivity contribution in [2.75, 3.05) is 29.1 Å². The van der Waals surface area contributed by atoms with Gasteiger partial charge in [0, 0.05) is 10.6 Å². The highest BCUT2D eigenvalue weighted by Crippen LogP contribution is 2.32. The molecule has 1 aromatic heterocycles. The number of hydrogen-bond donors (Lipinski definition) is 3. The Bertz CT molecular complexity index is 1200. The molecule has 166 valence electrons. The van der Waals surface area contributed by atoms with Crippen LogP contribution in [0.25, 0.3) is 0 Å². The van der Waals surface area contributed by atoms with Crippen LogP contribution in [0.15, 0.2) is 46.7 Å². The second kappa shape index (κ2) is 9.55. The molecule has 0 spiro atoms. The number of anilines is 2. The number of amides is 1. The van der Waals surface area contributed by atoms with E-state index in [1.54, 1.807) is 18.2 Å². The van der Waals surface area contributed by atoms with Gasteiger partial charge in [-0.1, -0.05) is 35.0 Å². The van der Waals surface area contributed by atoms with Gasteiger partial charge in [0.1, 0.15) is 0 Å². The minimum Gasteiger partial charge on any atom is -0.454 e. The predicted octanol–water partition coefficient (Wildman–Crippen LogP) is 3.59. The van der Waals surface area contributed by atoms with Gasteiger partial charge in [-0.3, -0.25) is 4.79 Å².